The van der Waals surface area contributed by atoms with Crippen LogP contribution in [-0.2, 0) is 4.79 Å². The highest BCUT2D eigenvalue weighted by molar-refractivity contribution is 6.30. The van der Waals surface area contributed by atoms with Crippen molar-refractivity contribution in [1.29, 1.82) is 0 Å². The van der Waals surface area contributed by atoms with Gasteiger partial charge in [0.05, 0.1) is 12.2 Å². The van der Waals surface area contributed by atoms with Gasteiger partial charge in [0.15, 0.2) is 0 Å². The summed E-state index contributed by atoms with van der Waals surface area (Å²) < 4.78 is 0. The van der Waals surface area contributed by atoms with E-state index >= 15 is 0 Å². The predicted molar refractivity (Wildman–Crippen MR) is 76.4 cm³/mol. The van der Waals surface area contributed by atoms with Crippen LogP contribution in [0.5, 0.6) is 0 Å². The lowest BCUT2D eigenvalue weighted by Gasteiger charge is -2.30. The summed E-state index contributed by atoms with van der Waals surface area (Å²) in [5, 5.41) is 21.0. The number of rotatable bonds is 4. The number of carbonyl (C=O) groups excluding carboxylic acids is 1. The molecule has 0 aliphatic heterocycles. The van der Waals surface area contributed by atoms with Crippen LogP contribution in [0.1, 0.15) is 37.4 Å². The van der Waals surface area contributed by atoms with Crippen molar-refractivity contribution in [3.8, 4) is 0 Å². The highest BCUT2D eigenvalue weighted by atomic mass is 35.5. The van der Waals surface area contributed by atoms with Crippen LogP contribution in [-0.4, -0.2) is 22.1 Å². The second kappa shape index (κ2) is 5.47. The Morgan fingerprint density at radius 3 is 2.60 bits per heavy atom. The van der Waals surface area contributed by atoms with E-state index in [1.165, 1.54) is 0 Å². The molecule has 0 saturated heterocycles. The minimum Gasteiger partial charge on any atom is -0.393 e. The number of benzene rings is 1. The Hall–Kier alpha value is -0.900. The number of hydrogen-bond acceptors (Lipinski definition) is 3. The second-order valence-electron chi connectivity index (χ2n) is 6.07. The maximum absolute atomic E-state index is 11.4. The Morgan fingerprint density at radius 1 is 1.30 bits per heavy atom. The third-order valence-corrected chi connectivity index (χ3v) is 5.16. The van der Waals surface area contributed by atoms with Crippen LogP contribution in [0, 0.1) is 17.8 Å². The van der Waals surface area contributed by atoms with Gasteiger partial charge in [-0.25, -0.2) is 0 Å². The van der Waals surface area contributed by atoms with Crippen molar-refractivity contribution in [3.05, 3.63) is 34.9 Å². The highest BCUT2D eigenvalue weighted by Gasteiger charge is 2.52. The molecule has 2 fully saturated rings. The third-order valence-electron chi connectivity index (χ3n) is 4.91. The van der Waals surface area contributed by atoms with Crippen molar-refractivity contribution >= 4 is 17.4 Å². The second-order valence-corrected chi connectivity index (χ2v) is 6.51. The van der Waals surface area contributed by atoms with Crippen LogP contribution < -0.4 is 0 Å². The number of aliphatic hydroxyl groups is 2. The van der Waals surface area contributed by atoms with Gasteiger partial charge < -0.3 is 10.2 Å². The zero-order valence-electron chi connectivity index (χ0n) is 11.2. The molecule has 0 amide bonds. The summed E-state index contributed by atoms with van der Waals surface area (Å²) in [6.45, 7) is 0. The van der Waals surface area contributed by atoms with Gasteiger partial charge >= 0.3 is 0 Å². The first-order chi connectivity index (χ1) is 9.56. The zero-order valence-corrected chi connectivity index (χ0v) is 12.0. The van der Waals surface area contributed by atoms with Crippen LogP contribution in [0.3, 0.4) is 0 Å². The fraction of sp³-hybridized carbons (Fsp3) is 0.562. The van der Waals surface area contributed by atoms with Crippen molar-refractivity contribution in [3.63, 3.8) is 0 Å². The smallest absolute Gasteiger partial charge is 0.136 e. The van der Waals surface area contributed by atoms with Crippen LogP contribution in [0.2, 0.25) is 5.02 Å². The summed E-state index contributed by atoms with van der Waals surface area (Å²) in [5.74, 6) is 0.719. The summed E-state index contributed by atoms with van der Waals surface area (Å²) in [6, 6.07) is 7.18. The van der Waals surface area contributed by atoms with Gasteiger partial charge in [-0.05, 0) is 42.9 Å². The largest absolute Gasteiger partial charge is 0.393 e. The first-order valence-corrected chi connectivity index (χ1v) is 7.58. The Morgan fingerprint density at radius 2 is 2.00 bits per heavy atom. The lowest BCUT2D eigenvalue weighted by atomic mass is 9.74. The molecule has 2 aliphatic rings. The molecule has 2 saturated carbocycles. The zero-order chi connectivity index (χ0) is 14.3. The molecule has 1 aromatic carbocycles. The standard InChI is InChI=1S/C16H19ClO3/c17-11-4-1-9(2-5-11)14(18)6-3-10-7-12-13(16(10)20)8-15(12)19/h1-2,4-5,10,12-14,16,18,20H,3,6-8H2. The Balaban J connectivity index is 1.54. The molecule has 2 aliphatic carbocycles. The van der Waals surface area contributed by atoms with Gasteiger partial charge in [0.2, 0.25) is 0 Å². The van der Waals surface area contributed by atoms with E-state index in [0.29, 0.717) is 23.6 Å². The van der Waals surface area contributed by atoms with E-state index in [1.807, 2.05) is 12.1 Å². The van der Waals surface area contributed by atoms with Gasteiger partial charge in [-0.1, -0.05) is 23.7 Å². The number of halogens is 1. The van der Waals surface area contributed by atoms with Gasteiger partial charge in [-0.15, -0.1) is 0 Å². The van der Waals surface area contributed by atoms with E-state index < -0.39 is 6.10 Å². The molecular formula is C16H19ClO3. The molecule has 2 N–H and O–H groups in total. The van der Waals surface area contributed by atoms with Gasteiger partial charge in [-0.3, -0.25) is 4.79 Å². The van der Waals surface area contributed by atoms with Gasteiger partial charge in [-0.2, -0.15) is 0 Å². The SMILES string of the molecule is O=C1CC2C1CC(CCC(O)c1ccc(Cl)cc1)C2O. The number of fused-ring (bicyclic) bond motifs is 1. The molecule has 0 heterocycles. The molecular weight excluding hydrogens is 276 g/mol. The third kappa shape index (κ3) is 2.50. The van der Waals surface area contributed by atoms with Gasteiger partial charge in [0.1, 0.15) is 5.78 Å². The van der Waals surface area contributed by atoms with Crippen LogP contribution in [0.4, 0.5) is 0 Å². The fourth-order valence-electron chi connectivity index (χ4n) is 3.60. The molecule has 1 aromatic rings. The normalized spacial score (nSPS) is 33.6. The highest BCUT2D eigenvalue weighted by Crippen LogP contribution is 2.49. The molecule has 0 bridgehead atoms. The van der Waals surface area contributed by atoms with Crippen LogP contribution in [0.25, 0.3) is 0 Å². The number of aliphatic hydroxyl groups excluding tert-OH is 2. The Labute approximate surface area is 123 Å². The fourth-order valence-corrected chi connectivity index (χ4v) is 3.72. The number of hydrogen-bond donors (Lipinski definition) is 2. The molecule has 3 nitrogen and oxygen atoms in total. The first kappa shape index (κ1) is 14.1. The summed E-state index contributed by atoms with van der Waals surface area (Å²) in [5.41, 5.74) is 0.848. The van der Waals surface area contributed by atoms with Gasteiger partial charge in [0.25, 0.3) is 0 Å². The topological polar surface area (TPSA) is 57.5 Å². The van der Waals surface area contributed by atoms with Crippen LogP contribution in [0.15, 0.2) is 24.3 Å². The summed E-state index contributed by atoms with van der Waals surface area (Å²) in [7, 11) is 0. The average Bonchev–Trinajstić information content (AvgIpc) is 2.69. The number of carbonyl (C=O) groups is 1. The molecule has 4 heteroatoms. The summed E-state index contributed by atoms with van der Waals surface area (Å²) in [6.07, 6.45) is 1.80. The van der Waals surface area contributed by atoms with E-state index in [4.69, 9.17) is 11.6 Å². The molecule has 3 rings (SSSR count). The Bertz CT molecular complexity index is 499. The molecule has 0 aromatic heterocycles. The Kier molecular flexibility index (Phi) is 3.85. The lowest BCUT2D eigenvalue weighted by Crippen LogP contribution is -2.38. The number of Topliss-reactive ketones (excluding diaryl/α,β-unsaturated/α-hetero) is 1. The first-order valence-electron chi connectivity index (χ1n) is 7.20. The maximum atomic E-state index is 11.4. The summed E-state index contributed by atoms with van der Waals surface area (Å²) >= 11 is 5.82. The van der Waals surface area contributed by atoms with E-state index in [9.17, 15) is 15.0 Å². The van der Waals surface area contributed by atoms with E-state index in [1.54, 1.807) is 12.1 Å². The van der Waals surface area contributed by atoms with Crippen molar-refractivity contribution in [1.82, 2.24) is 0 Å². The number of ketones is 1. The average molecular weight is 295 g/mol. The molecule has 5 atom stereocenters. The van der Waals surface area contributed by atoms with Crippen molar-refractivity contribution in [2.75, 3.05) is 0 Å². The summed E-state index contributed by atoms with van der Waals surface area (Å²) in [4.78, 5) is 11.4. The van der Waals surface area contributed by atoms with Crippen molar-refractivity contribution in [2.24, 2.45) is 17.8 Å². The molecule has 108 valence electrons. The molecule has 0 spiro atoms. The van der Waals surface area contributed by atoms with Crippen LogP contribution >= 0.6 is 11.6 Å². The van der Waals surface area contributed by atoms with Gasteiger partial charge in [0, 0.05) is 23.3 Å². The minimum atomic E-state index is -0.534. The van der Waals surface area contributed by atoms with E-state index in [-0.39, 0.29) is 23.9 Å². The van der Waals surface area contributed by atoms with Crippen molar-refractivity contribution in [2.45, 2.75) is 37.9 Å². The van der Waals surface area contributed by atoms with Crippen molar-refractivity contribution < 1.29 is 15.0 Å². The minimum absolute atomic E-state index is 0.0858. The van der Waals surface area contributed by atoms with E-state index in [0.717, 1.165) is 18.4 Å². The molecule has 5 unspecified atom stereocenters. The predicted octanol–water partition coefficient (Wildman–Crippen LogP) is 2.74. The monoisotopic (exact) mass is 294 g/mol. The lowest BCUT2D eigenvalue weighted by molar-refractivity contribution is -0.135. The molecule has 0 radical (unpaired) electrons. The quantitative estimate of drug-likeness (QED) is 0.898. The van der Waals surface area contributed by atoms with E-state index in [2.05, 4.69) is 0 Å². The molecule has 20 heavy (non-hydrogen) atoms. The maximum Gasteiger partial charge on any atom is 0.136 e.